The van der Waals surface area contributed by atoms with E-state index in [9.17, 15) is 9.59 Å². The second-order valence-electron chi connectivity index (χ2n) is 6.87. The van der Waals surface area contributed by atoms with Crippen LogP contribution in [-0.4, -0.2) is 61.4 Å². The molecule has 0 aromatic heterocycles. The summed E-state index contributed by atoms with van der Waals surface area (Å²) in [5, 5.41) is 9.11. The number of ether oxygens (including phenoxy) is 3. The number of aliphatic carboxylic acids is 1. The molecule has 1 saturated heterocycles. The largest absolute Gasteiger partial charge is 0.493 e. The van der Waals surface area contributed by atoms with Crippen molar-refractivity contribution in [3.8, 4) is 11.5 Å². The summed E-state index contributed by atoms with van der Waals surface area (Å²) in [5.74, 6) is 0.266. The minimum Gasteiger partial charge on any atom is -0.493 e. The number of likely N-dealkylation sites (tertiary alicyclic amines) is 1. The number of hydrogen-bond acceptors (Lipinski definition) is 5. The number of benzene rings is 1. The zero-order valence-electron chi connectivity index (χ0n) is 15.7. The average molecular weight is 365 g/mol. The fourth-order valence-electron chi connectivity index (χ4n) is 3.03. The highest BCUT2D eigenvalue weighted by Crippen LogP contribution is 2.31. The monoisotopic (exact) mass is 365 g/mol. The lowest BCUT2D eigenvalue weighted by Gasteiger charge is -2.23. The lowest BCUT2D eigenvalue weighted by Crippen LogP contribution is -2.37. The van der Waals surface area contributed by atoms with E-state index in [2.05, 4.69) is 0 Å². The SMILES string of the molecule is COc1cc(C(=O)N2CC(OC)CC2CC(=O)O)ccc1OCC(C)C. The molecule has 2 atom stereocenters. The van der Waals surface area contributed by atoms with Gasteiger partial charge in [-0.1, -0.05) is 13.8 Å². The van der Waals surface area contributed by atoms with Gasteiger partial charge < -0.3 is 24.2 Å². The van der Waals surface area contributed by atoms with Crippen LogP contribution in [0.25, 0.3) is 0 Å². The number of carbonyl (C=O) groups excluding carboxylic acids is 1. The quantitative estimate of drug-likeness (QED) is 0.762. The van der Waals surface area contributed by atoms with Crippen LogP contribution in [0.2, 0.25) is 0 Å². The molecule has 144 valence electrons. The van der Waals surface area contributed by atoms with E-state index in [1.807, 2.05) is 13.8 Å². The molecule has 2 unspecified atom stereocenters. The van der Waals surface area contributed by atoms with Gasteiger partial charge in [-0.3, -0.25) is 9.59 Å². The number of carbonyl (C=O) groups is 2. The maximum absolute atomic E-state index is 12.9. The Labute approximate surface area is 153 Å². The molecule has 0 bridgehead atoms. The van der Waals surface area contributed by atoms with Gasteiger partial charge in [-0.25, -0.2) is 0 Å². The number of methoxy groups -OCH3 is 2. The van der Waals surface area contributed by atoms with Crippen LogP contribution in [-0.2, 0) is 9.53 Å². The Balaban J connectivity index is 2.20. The first kappa shape index (κ1) is 20.0. The van der Waals surface area contributed by atoms with Crippen LogP contribution in [0, 0.1) is 5.92 Å². The third kappa shape index (κ3) is 4.88. The van der Waals surface area contributed by atoms with Crippen LogP contribution in [0.3, 0.4) is 0 Å². The maximum Gasteiger partial charge on any atom is 0.305 e. The molecule has 1 aliphatic heterocycles. The lowest BCUT2D eigenvalue weighted by molar-refractivity contribution is -0.138. The average Bonchev–Trinajstić information content (AvgIpc) is 3.01. The summed E-state index contributed by atoms with van der Waals surface area (Å²) >= 11 is 0. The van der Waals surface area contributed by atoms with Gasteiger partial charge in [0, 0.05) is 25.3 Å². The number of rotatable bonds is 8. The van der Waals surface area contributed by atoms with E-state index in [4.69, 9.17) is 19.3 Å². The van der Waals surface area contributed by atoms with Crippen molar-refractivity contribution >= 4 is 11.9 Å². The number of carboxylic acids is 1. The van der Waals surface area contributed by atoms with E-state index in [-0.39, 0.29) is 24.5 Å². The Hall–Kier alpha value is -2.28. The summed E-state index contributed by atoms with van der Waals surface area (Å²) in [6, 6.07) is 4.65. The van der Waals surface area contributed by atoms with Gasteiger partial charge in [-0.2, -0.15) is 0 Å². The topological polar surface area (TPSA) is 85.3 Å². The van der Waals surface area contributed by atoms with Crippen LogP contribution >= 0.6 is 0 Å². The van der Waals surface area contributed by atoms with Crippen molar-refractivity contribution < 1.29 is 28.9 Å². The number of nitrogens with zero attached hydrogens (tertiary/aromatic N) is 1. The first-order valence-electron chi connectivity index (χ1n) is 8.72. The summed E-state index contributed by atoms with van der Waals surface area (Å²) in [6.07, 6.45) is 0.262. The van der Waals surface area contributed by atoms with Gasteiger partial charge in [-0.15, -0.1) is 0 Å². The van der Waals surface area contributed by atoms with Crippen molar-refractivity contribution in [1.82, 2.24) is 4.90 Å². The minimum absolute atomic E-state index is 0.0989. The van der Waals surface area contributed by atoms with Gasteiger partial charge in [-0.05, 0) is 30.5 Å². The van der Waals surface area contributed by atoms with E-state index in [1.54, 1.807) is 30.2 Å². The first-order chi connectivity index (χ1) is 12.3. The normalized spacial score (nSPS) is 19.7. The van der Waals surface area contributed by atoms with E-state index in [0.29, 0.717) is 42.6 Å². The molecule has 0 aliphatic carbocycles. The van der Waals surface area contributed by atoms with E-state index in [1.165, 1.54) is 7.11 Å². The Kier molecular flexibility index (Phi) is 6.85. The Morgan fingerprint density at radius 3 is 2.58 bits per heavy atom. The zero-order chi connectivity index (χ0) is 19.3. The molecular weight excluding hydrogens is 338 g/mol. The molecule has 0 saturated carbocycles. The van der Waals surface area contributed by atoms with Crippen molar-refractivity contribution in [3.05, 3.63) is 23.8 Å². The standard InChI is InChI=1S/C19H27NO6/c1-12(2)11-26-16-6-5-13(7-17(16)25-4)19(23)20-10-15(24-3)8-14(20)9-18(21)22/h5-7,12,14-15H,8-11H2,1-4H3,(H,21,22). The molecule has 1 heterocycles. The third-order valence-corrected chi connectivity index (χ3v) is 4.36. The molecule has 0 spiro atoms. The highest BCUT2D eigenvalue weighted by molar-refractivity contribution is 5.95. The minimum atomic E-state index is -0.931. The second-order valence-corrected chi connectivity index (χ2v) is 6.87. The highest BCUT2D eigenvalue weighted by atomic mass is 16.5. The van der Waals surface area contributed by atoms with Crippen molar-refractivity contribution in [2.75, 3.05) is 27.4 Å². The molecule has 1 N–H and O–H groups in total. The van der Waals surface area contributed by atoms with Gasteiger partial charge in [0.1, 0.15) is 0 Å². The molecule has 1 aromatic rings. The molecule has 1 amide bonds. The van der Waals surface area contributed by atoms with Crippen LogP contribution in [0.1, 0.15) is 37.0 Å². The predicted octanol–water partition coefficient (Wildman–Crippen LogP) is 2.43. The van der Waals surface area contributed by atoms with Crippen LogP contribution < -0.4 is 9.47 Å². The van der Waals surface area contributed by atoms with E-state index >= 15 is 0 Å². The van der Waals surface area contributed by atoms with Crippen molar-refractivity contribution in [3.63, 3.8) is 0 Å². The number of amides is 1. The van der Waals surface area contributed by atoms with Crippen LogP contribution in [0.15, 0.2) is 18.2 Å². The smallest absolute Gasteiger partial charge is 0.305 e. The third-order valence-electron chi connectivity index (χ3n) is 4.36. The summed E-state index contributed by atoms with van der Waals surface area (Å²) in [5.41, 5.74) is 0.436. The molecular formula is C19H27NO6. The second kappa shape index (κ2) is 8.89. The van der Waals surface area contributed by atoms with Gasteiger partial charge >= 0.3 is 5.97 Å². The molecule has 1 fully saturated rings. The van der Waals surface area contributed by atoms with Crippen molar-refractivity contribution in [2.45, 2.75) is 38.8 Å². The lowest BCUT2D eigenvalue weighted by atomic mass is 10.1. The summed E-state index contributed by atoms with van der Waals surface area (Å²) in [7, 11) is 3.09. The summed E-state index contributed by atoms with van der Waals surface area (Å²) in [6.45, 7) is 5.02. The Bertz CT molecular complexity index is 645. The summed E-state index contributed by atoms with van der Waals surface area (Å²) in [4.78, 5) is 25.6. The van der Waals surface area contributed by atoms with Gasteiger partial charge in [0.2, 0.25) is 0 Å². The van der Waals surface area contributed by atoms with Crippen LogP contribution in [0.4, 0.5) is 0 Å². The molecule has 26 heavy (non-hydrogen) atoms. The first-order valence-corrected chi connectivity index (χ1v) is 8.72. The van der Waals surface area contributed by atoms with Crippen LogP contribution in [0.5, 0.6) is 11.5 Å². The zero-order valence-corrected chi connectivity index (χ0v) is 15.7. The number of hydrogen-bond donors (Lipinski definition) is 1. The molecule has 0 radical (unpaired) electrons. The molecule has 2 rings (SSSR count). The van der Waals surface area contributed by atoms with Gasteiger partial charge in [0.15, 0.2) is 11.5 Å². The van der Waals surface area contributed by atoms with Crippen molar-refractivity contribution in [1.29, 1.82) is 0 Å². The molecule has 7 nitrogen and oxygen atoms in total. The fraction of sp³-hybridized carbons (Fsp3) is 0.579. The predicted molar refractivity (Wildman–Crippen MR) is 95.8 cm³/mol. The van der Waals surface area contributed by atoms with E-state index in [0.717, 1.165) is 0 Å². The summed E-state index contributed by atoms with van der Waals surface area (Å²) < 4.78 is 16.4. The molecule has 7 heteroatoms. The van der Waals surface area contributed by atoms with Gasteiger partial charge in [0.05, 0.1) is 26.2 Å². The van der Waals surface area contributed by atoms with Crippen molar-refractivity contribution in [2.24, 2.45) is 5.92 Å². The Morgan fingerprint density at radius 1 is 1.27 bits per heavy atom. The molecule has 1 aliphatic rings. The Morgan fingerprint density at radius 2 is 2.00 bits per heavy atom. The molecule has 1 aromatic carbocycles. The highest BCUT2D eigenvalue weighted by Gasteiger charge is 2.37. The fourth-order valence-corrected chi connectivity index (χ4v) is 3.03. The maximum atomic E-state index is 12.9. The van der Waals surface area contributed by atoms with E-state index < -0.39 is 5.97 Å². The van der Waals surface area contributed by atoms with Gasteiger partial charge in [0.25, 0.3) is 5.91 Å². The number of carboxylic acid groups (broad SMARTS) is 1.